The number of nitrogens with zero attached hydrogens (tertiary/aromatic N) is 1. The van der Waals surface area contributed by atoms with Crippen LogP contribution in [-0.2, 0) is 4.79 Å². The van der Waals surface area contributed by atoms with Crippen LogP contribution in [0.4, 0.5) is 0 Å². The maximum atomic E-state index is 11.5. The van der Waals surface area contributed by atoms with Crippen LogP contribution < -0.4 is 4.74 Å². The molecule has 0 bridgehead atoms. The minimum atomic E-state index is -0.410. The quantitative estimate of drug-likeness (QED) is 0.760. The van der Waals surface area contributed by atoms with E-state index in [2.05, 4.69) is 15.9 Å². The zero-order chi connectivity index (χ0) is 12.6. The highest BCUT2D eigenvalue weighted by atomic mass is 79.9. The predicted octanol–water partition coefficient (Wildman–Crippen LogP) is 2.99. The zero-order valence-corrected chi connectivity index (χ0v) is 10.9. The predicted molar refractivity (Wildman–Crippen MR) is 67.2 cm³/mol. The van der Waals surface area contributed by atoms with Gasteiger partial charge >= 0.3 is 5.97 Å². The van der Waals surface area contributed by atoms with Crippen LogP contribution in [0.1, 0.15) is 18.6 Å². The average molecular weight is 296 g/mol. The minimum absolute atomic E-state index is 0.139. The number of benzene rings is 1. The van der Waals surface area contributed by atoms with Crippen molar-refractivity contribution in [3.05, 3.63) is 28.9 Å². The van der Waals surface area contributed by atoms with E-state index in [1.54, 1.807) is 6.07 Å². The van der Waals surface area contributed by atoms with Gasteiger partial charge in [-0.3, -0.25) is 14.2 Å². The van der Waals surface area contributed by atoms with Gasteiger partial charge in [0.15, 0.2) is 5.75 Å². The number of hydrogen-bond donors (Lipinski definition) is 0. The van der Waals surface area contributed by atoms with Crippen molar-refractivity contribution in [2.24, 2.45) is 0 Å². The second-order valence-electron chi connectivity index (χ2n) is 3.61. The number of rotatable bonds is 1. The zero-order valence-electron chi connectivity index (χ0n) is 9.36. The summed E-state index contributed by atoms with van der Waals surface area (Å²) in [5, 5.41) is 0.727. The molecule has 0 unspecified atom stereocenters. The van der Waals surface area contributed by atoms with E-state index in [9.17, 15) is 9.59 Å². The Morgan fingerprint density at radius 1 is 1.29 bits per heavy atom. The number of hydrogen-bond acceptors (Lipinski definition) is 3. The van der Waals surface area contributed by atoms with Crippen LogP contribution in [-0.4, -0.2) is 16.4 Å². The molecule has 0 aliphatic rings. The molecule has 88 valence electrons. The summed E-state index contributed by atoms with van der Waals surface area (Å²) in [4.78, 5) is 22.5. The maximum Gasteiger partial charge on any atom is 0.308 e. The number of ether oxygens (including phenoxy) is 1. The maximum absolute atomic E-state index is 11.5. The summed E-state index contributed by atoms with van der Waals surface area (Å²) in [6.45, 7) is 2.78. The van der Waals surface area contributed by atoms with Crippen molar-refractivity contribution in [1.29, 1.82) is 0 Å². The van der Waals surface area contributed by atoms with Gasteiger partial charge in [0.2, 0.25) is 5.91 Å². The first-order valence-electron chi connectivity index (χ1n) is 4.99. The fourth-order valence-corrected chi connectivity index (χ4v) is 2.25. The molecule has 0 atom stereocenters. The Morgan fingerprint density at radius 3 is 2.59 bits per heavy atom. The lowest BCUT2D eigenvalue weighted by Crippen LogP contribution is -2.04. The summed E-state index contributed by atoms with van der Waals surface area (Å²) in [7, 11) is 0. The number of aromatic nitrogens is 1. The van der Waals surface area contributed by atoms with Gasteiger partial charge in [0.25, 0.3) is 0 Å². The fourth-order valence-electron chi connectivity index (χ4n) is 1.69. The SMILES string of the molecule is CC(=O)Oc1cn(C(C)=O)c2c(Br)cccc12. The number of carbonyl (C=O) groups is 2. The number of fused-ring (bicyclic) bond motifs is 1. The molecule has 0 spiro atoms. The van der Waals surface area contributed by atoms with Crippen molar-refractivity contribution in [2.75, 3.05) is 0 Å². The summed E-state index contributed by atoms with van der Waals surface area (Å²) < 4.78 is 7.32. The molecule has 0 N–H and O–H groups in total. The first kappa shape index (κ1) is 11.9. The van der Waals surface area contributed by atoms with E-state index in [0.717, 1.165) is 9.86 Å². The van der Waals surface area contributed by atoms with Crippen LogP contribution in [0.15, 0.2) is 28.9 Å². The molecule has 1 heterocycles. The molecule has 5 heteroatoms. The third kappa shape index (κ3) is 2.10. The molecule has 2 rings (SSSR count). The topological polar surface area (TPSA) is 48.3 Å². The molecule has 1 aromatic heterocycles. The molecular weight excluding hydrogens is 286 g/mol. The normalized spacial score (nSPS) is 10.5. The lowest BCUT2D eigenvalue weighted by atomic mass is 10.2. The summed E-state index contributed by atoms with van der Waals surface area (Å²) in [5.41, 5.74) is 0.705. The van der Waals surface area contributed by atoms with Gasteiger partial charge in [0, 0.05) is 23.7 Å². The lowest BCUT2D eigenvalue weighted by Gasteiger charge is -2.00. The van der Waals surface area contributed by atoms with Crippen molar-refractivity contribution in [1.82, 2.24) is 4.57 Å². The average Bonchev–Trinajstić information content (AvgIpc) is 2.58. The third-order valence-corrected chi connectivity index (χ3v) is 2.97. The van der Waals surface area contributed by atoms with Crippen LogP contribution in [0, 0.1) is 0 Å². The molecule has 1 aromatic carbocycles. The minimum Gasteiger partial charge on any atom is -0.424 e. The number of halogens is 1. The molecule has 0 saturated carbocycles. The van der Waals surface area contributed by atoms with E-state index in [-0.39, 0.29) is 5.91 Å². The molecule has 0 radical (unpaired) electrons. The Hall–Kier alpha value is -1.62. The van der Waals surface area contributed by atoms with Crippen molar-refractivity contribution in [2.45, 2.75) is 13.8 Å². The third-order valence-electron chi connectivity index (χ3n) is 2.33. The summed E-state index contributed by atoms with van der Waals surface area (Å²) in [6, 6.07) is 5.46. The molecule has 0 amide bonds. The van der Waals surface area contributed by atoms with Crippen LogP contribution >= 0.6 is 15.9 Å². The fraction of sp³-hybridized carbons (Fsp3) is 0.167. The standard InChI is InChI=1S/C12H10BrNO3/c1-7(15)14-6-11(17-8(2)16)9-4-3-5-10(13)12(9)14/h3-6H,1-2H3. The Morgan fingerprint density at radius 2 is 2.00 bits per heavy atom. The smallest absolute Gasteiger partial charge is 0.308 e. The summed E-state index contributed by atoms with van der Waals surface area (Å²) in [5.74, 6) is -0.156. The highest BCUT2D eigenvalue weighted by Gasteiger charge is 2.15. The molecule has 0 saturated heterocycles. The highest BCUT2D eigenvalue weighted by Crippen LogP contribution is 2.33. The number of para-hydroxylation sites is 1. The van der Waals surface area contributed by atoms with Crippen LogP contribution in [0.2, 0.25) is 0 Å². The molecule has 0 aliphatic heterocycles. The second kappa shape index (κ2) is 4.33. The Labute approximate surface area is 106 Å². The highest BCUT2D eigenvalue weighted by molar-refractivity contribution is 9.10. The van der Waals surface area contributed by atoms with Gasteiger partial charge in [-0.2, -0.15) is 0 Å². The van der Waals surface area contributed by atoms with Gasteiger partial charge in [-0.25, -0.2) is 0 Å². The summed E-state index contributed by atoms with van der Waals surface area (Å²) in [6.07, 6.45) is 1.53. The Balaban J connectivity index is 2.75. The Kier molecular flexibility index (Phi) is 3.02. The molecular formula is C12H10BrNO3. The van der Waals surface area contributed by atoms with Crippen LogP contribution in [0.3, 0.4) is 0 Å². The van der Waals surface area contributed by atoms with Crippen molar-refractivity contribution < 1.29 is 14.3 Å². The van der Waals surface area contributed by atoms with Gasteiger partial charge in [-0.15, -0.1) is 0 Å². The van der Waals surface area contributed by atoms with Crippen LogP contribution in [0.25, 0.3) is 10.9 Å². The van der Waals surface area contributed by atoms with Gasteiger partial charge in [0.05, 0.1) is 11.7 Å². The number of carbonyl (C=O) groups excluding carboxylic acids is 2. The van der Waals surface area contributed by atoms with Gasteiger partial charge < -0.3 is 4.74 Å². The van der Waals surface area contributed by atoms with Crippen molar-refractivity contribution >= 4 is 38.7 Å². The lowest BCUT2D eigenvalue weighted by molar-refractivity contribution is -0.131. The first-order chi connectivity index (χ1) is 8.00. The van der Waals surface area contributed by atoms with E-state index in [1.165, 1.54) is 24.6 Å². The molecule has 0 aliphatic carbocycles. The molecule has 2 aromatic rings. The van der Waals surface area contributed by atoms with Gasteiger partial charge in [0.1, 0.15) is 0 Å². The largest absolute Gasteiger partial charge is 0.424 e. The molecule has 0 fully saturated rings. The monoisotopic (exact) mass is 295 g/mol. The van der Waals surface area contributed by atoms with Crippen LogP contribution in [0.5, 0.6) is 5.75 Å². The molecule has 17 heavy (non-hydrogen) atoms. The van der Waals surface area contributed by atoms with Crippen molar-refractivity contribution in [3.63, 3.8) is 0 Å². The first-order valence-corrected chi connectivity index (χ1v) is 5.79. The van der Waals surface area contributed by atoms with E-state index in [4.69, 9.17) is 4.74 Å². The second-order valence-corrected chi connectivity index (χ2v) is 4.47. The van der Waals surface area contributed by atoms with E-state index in [1.807, 2.05) is 12.1 Å². The van der Waals surface area contributed by atoms with E-state index >= 15 is 0 Å². The van der Waals surface area contributed by atoms with Gasteiger partial charge in [-0.05, 0) is 28.1 Å². The Bertz CT molecular complexity index is 615. The van der Waals surface area contributed by atoms with Crippen molar-refractivity contribution in [3.8, 4) is 5.75 Å². The number of esters is 1. The summed E-state index contributed by atoms with van der Waals surface area (Å²) >= 11 is 3.38. The van der Waals surface area contributed by atoms with E-state index in [0.29, 0.717) is 11.3 Å². The van der Waals surface area contributed by atoms with Gasteiger partial charge in [-0.1, -0.05) is 6.07 Å². The molecule has 4 nitrogen and oxygen atoms in total. The van der Waals surface area contributed by atoms with E-state index < -0.39 is 5.97 Å².